The van der Waals surface area contributed by atoms with E-state index >= 15 is 0 Å². The molecule has 4 rings (SSSR count). The number of thiophene rings is 1. The van der Waals surface area contributed by atoms with E-state index in [0.717, 1.165) is 14.7 Å². The standard InChI is InChI=1S/C26H25N5O3S3/c1-5-17(3)31-8-7-30(14-19(31)12-27)25(33)20-11-22(16(2)10-21(20)34-4)36-23-13-28-26(37-23)29-24(32)18-6-9-35-15-18/h5-6,9-11,13,15,19H,1,3,7-8,14H2,2,4H3,(H,28,29,32)/t19-/m1/s1. The van der Waals surface area contributed by atoms with E-state index < -0.39 is 6.04 Å². The molecule has 1 saturated heterocycles. The first-order valence-electron chi connectivity index (χ1n) is 11.3. The summed E-state index contributed by atoms with van der Waals surface area (Å²) in [6.45, 7) is 10.8. The Balaban J connectivity index is 1.52. The number of benzene rings is 1. The number of rotatable bonds is 8. The van der Waals surface area contributed by atoms with Gasteiger partial charge in [-0.3, -0.25) is 14.9 Å². The second-order valence-corrected chi connectivity index (χ2v) is 11.3. The third-order valence-electron chi connectivity index (χ3n) is 5.85. The Bertz CT molecular complexity index is 1380. The maximum atomic E-state index is 13.6. The van der Waals surface area contributed by atoms with Crippen molar-refractivity contribution in [2.45, 2.75) is 22.1 Å². The van der Waals surface area contributed by atoms with Crippen molar-refractivity contribution in [1.82, 2.24) is 14.8 Å². The van der Waals surface area contributed by atoms with Crippen LogP contribution in [0.3, 0.4) is 0 Å². The topological polar surface area (TPSA) is 98.6 Å². The quantitative estimate of drug-likeness (QED) is 0.381. The van der Waals surface area contributed by atoms with Crippen molar-refractivity contribution >= 4 is 51.4 Å². The zero-order valence-corrected chi connectivity index (χ0v) is 22.8. The molecule has 8 nitrogen and oxygen atoms in total. The van der Waals surface area contributed by atoms with Crippen LogP contribution < -0.4 is 10.1 Å². The highest BCUT2D eigenvalue weighted by molar-refractivity contribution is 8.01. The molecule has 0 unspecified atom stereocenters. The molecule has 190 valence electrons. The van der Waals surface area contributed by atoms with Crippen LogP contribution in [0.1, 0.15) is 26.3 Å². The minimum Gasteiger partial charge on any atom is -0.496 e. The van der Waals surface area contributed by atoms with Gasteiger partial charge in [-0.25, -0.2) is 4.98 Å². The Hall–Kier alpha value is -3.59. The molecule has 2 amide bonds. The third kappa shape index (κ3) is 5.88. The lowest BCUT2D eigenvalue weighted by Gasteiger charge is -2.40. The summed E-state index contributed by atoms with van der Waals surface area (Å²) in [5.74, 6) is 0.0789. The lowest BCUT2D eigenvalue weighted by Crippen LogP contribution is -2.53. The highest BCUT2D eigenvalue weighted by atomic mass is 32.2. The number of allylic oxidation sites excluding steroid dienone is 1. The monoisotopic (exact) mass is 551 g/mol. The van der Waals surface area contributed by atoms with Gasteiger partial charge in [0, 0.05) is 29.1 Å². The predicted octanol–water partition coefficient (Wildman–Crippen LogP) is 5.27. The summed E-state index contributed by atoms with van der Waals surface area (Å²) in [5.41, 5.74) is 2.63. The number of nitrogens with one attached hydrogen (secondary N) is 1. The zero-order chi connectivity index (χ0) is 26.5. The maximum absolute atomic E-state index is 13.6. The molecule has 0 spiro atoms. The van der Waals surface area contributed by atoms with E-state index in [4.69, 9.17) is 4.74 Å². The number of aryl methyl sites for hydroxylation is 1. The third-order valence-corrected chi connectivity index (χ3v) is 8.70. The van der Waals surface area contributed by atoms with Gasteiger partial charge in [-0.15, -0.1) is 0 Å². The summed E-state index contributed by atoms with van der Waals surface area (Å²) in [5, 5.41) is 16.6. The summed E-state index contributed by atoms with van der Waals surface area (Å²) in [7, 11) is 1.54. The van der Waals surface area contributed by atoms with Crippen LogP contribution in [-0.4, -0.2) is 59.4 Å². The van der Waals surface area contributed by atoms with Gasteiger partial charge in [-0.2, -0.15) is 16.6 Å². The van der Waals surface area contributed by atoms with Crippen molar-refractivity contribution in [3.05, 3.63) is 76.8 Å². The lowest BCUT2D eigenvalue weighted by molar-refractivity contribution is 0.0622. The van der Waals surface area contributed by atoms with Crippen molar-refractivity contribution in [3.63, 3.8) is 0 Å². The van der Waals surface area contributed by atoms with Crippen LogP contribution in [0, 0.1) is 18.3 Å². The van der Waals surface area contributed by atoms with Crippen LogP contribution in [0.25, 0.3) is 0 Å². The van der Waals surface area contributed by atoms with E-state index in [2.05, 4.69) is 29.5 Å². The summed E-state index contributed by atoms with van der Waals surface area (Å²) in [6, 6.07) is 7.18. The number of amides is 2. The Morgan fingerprint density at radius 2 is 2.19 bits per heavy atom. The summed E-state index contributed by atoms with van der Waals surface area (Å²) < 4.78 is 6.41. The fraction of sp³-hybridized carbons (Fsp3) is 0.231. The number of ether oxygens (including phenoxy) is 1. The predicted molar refractivity (Wildman–Crippen MR) is 148 cm³/mol. The second kappa shape index (κ2) is 11.6. The summed E-state index contributed by atoms with van der Waals surface area (Å²) in [6.07, 6.45) is 3.32. The average molecular weight is 552 g/mol. The molecule has 1 fully saturated rings. The van der Waals surface area contributed by atoms with Crippen LogP contribution >= 0.6 is 34.4 Å². The zero-order valence-electron chi connectivity index (χ0n) is 20.4. The second-order valence-electron chi connectivity index (χ2n) is 8.16. The van der Waals surface area contributed by atoms with Crippen LogP contribution in [0.2, 0.25) is 0 Å². The van der Waals surface area contributed by atoms with Gasteiger partial charge in [0.05, 0.1) is 41.3 Å². The molecule has 0 saturated carbocycles. The molecule has 1 aromatic carbocycles. The Morgan fingerprint density at radius 3 is 2.86 bits per heavy atom. The highest BCUT2D eigenvalue weighted by Crippen LogP contribution is 2.38. The van der Waals surface area contributed by atoms with Crippen LogP contribution in [0.4, 0.5) is 5.13 Å². The van der Waals surface area contributed by atoms with Crippen LogP contribution in [0.5, 0.6) is 5.75 Å². The molecule has 0 radical (unpaired) electrons. The van der Waals surface area contributed by atoms with Gasteiger partial charge in [-0.05, 0) is 42.1 Å². The minimum atomic E-state index is -0.506. The minimum absolute atomic E-state index is 0.198. The van der Waals surface area contributed by atoms with E-state index in [0.29, 0.717) is 40.8 Å². The number of nitriles is 1. The fourth-order valence-corrected chi connectivity index (χ4v) is 6.43. The Kier molecular flexibility index (Phi) is 8.33. The number of hydrogen-bond acceptors (Lipinski definition) is 9. The lowest BCUT2D eigenvalue weighted by atomic mass is 10.1. The molecule has 1 aliphatic heterocycles. The number of thiazole rings is 1. The average Bonchev–Trinajstić information content (AvgIpc) is 3.61. The molecular formula is C26H25N5O3S3. The normalized spacial score (nSPS) is 15.1. The van der Waals surface area contributed by atoms with E-state index in [1.807, 2.05) is 29.3 Å². The number of carbonyl (C=O) groups is 2. The number of methoxy groups -OCH3 is 1. The largest absolute Gasteiger partial charge is 0.496 e. The van der Waals surface area contributed by atoms with Crippen LogP contribution in [0.15, 0.2) is 69.2 Å². The van der Waals surface area contributed by atoms with E-state index in [1.54, 1.807) is 28.6 Å². The molecule has 1 N–H and O–H groups in total. The van der Waals surface area contributed by atoms with E-state index in [-0.39, 0.29) is 18.4 Å². The molecule has 3 heterocycles. The van der Waals surface area contributed by atoms with E-state index in [9.17, 15) is 14.9 Å². The van der Waals surface area contributed by atoms with Gasteiger partial charge < -0.3 is 14.5 Å². The summed E-state index contributed by atoms with van der Waals surface area (Å²) >= 11 is 4.29. The molecule has 0 bridgehead atoms. The van der Waals surface area contributed by atoms with Gasteiger partial charge >= 0.3 is 0 Å². The van der Waals surface area contributed by atoms with Crippen molar-refractivity contribution < 1.29 is 14.3 Å². The van der Waals surface area contributed by atoms with Gasteiger partial charge in [0.15, 0.2) is 5.13 Å². The van der Waals surface area contributed by atoms with Crippen molar-refractivity contribution in [2.75, 3.05) is 32.1 Å². The molecule has 1 atom stereocenters. The fourth-order valence-electron chi connectivity index (χ4n) is 3.85. The van der Waals surface area contributed by atoms with Crippen molar-refractivity contribution in [1.29, 1.82) is 5.26 Å². The SMILES string of the molecule is C=CC(=C)N1CCN(C(=O)c2cc(Sc3cnc(NC(=O)c4ccsc4)s3)c(C)cc2OC)C[C@H]1C#N. The number of anilines is 1. The highest BCUT2D eigenvalue weighted by Gasteiger charge is 2.31. The van der Waals surface area contributed by atoms with Crippen molar-refractivity contribution in [2.24, 2.45) is 0 Å². The van der Waals surface area contributed by atoms with Crippen molar-refractivity contribution in [3.8, 4) is 11.8 Å². The summed E-state index contributed by atoms with van der Waals surface area (Å²) in [4.78, 5) is 34.6. The molecule has 2 aromatic heterocycles. The van der Waals surface area contributed by atoms with Gasteiger partial charge in [-0.1, -0.05) is 36.3 Å². The number of aromatic nitrogens is 1. The molecule has 0 aliphatic carbocycles. The Labute approximate surface area is 227 Å². The number of carbonyl (C=O) groups excluding carboxylic acids is 2. The van der Waals surface area contributed by atoms with E-state index in [1.165, 1.54) is 41.5 Å². The molecule has 1 aliphatic rings. The van der Waals surface area contributed by atoms with Gasteiger partial charge in [0.1, 0.15) is 11.8 Å². The Morgan fingerprint density at radius 1 is 1.38 bits per heavy atom. The van der Waals surface area contributed by atoms with Crippen LogP contribution in [-0.2, 0) is 0 Å². The van der Waals surface area contributed by atoms with Gasteiger partial charge in [0.2, 0.25) is 0 Å². The smallest absolute Gasteiger partial charge is 0.258 e. The number of nitrogens with zero attached hydrogens (tertiary/aromatic N) is 4. The first kappa shape index (κ1) is 26.5. The maximum Gasteiger partial charge on any atom is 0.258 e. The molecule has 37 heavy (non-hydrogen) atoms. The van der Waals surface area contributed by atoms with Gasteiger partial charge in [0.25, 0.3) is 11.8 Å². The molecule has 11 heteroatoms. The first-order chi connectivity index (χ1) is 17.8. The number of hydrogen-bond donors (Lipinski definition) is 1. The number of piperazine rings is 1. The molecular weight excluding hydrogens is 527 g/mol. The first-order valence-corrected chi connectivity index (χ1v) is 13.8. The molecule has 3 aromatic rings.